The van der Waals surface area contributed by atoms with Crippen molar-refractivity contribution in [1.29, 1.82) is 0 Å². The van der Waals surface area contributed by atoms with Gasteiger partial charge in [-0.2, -0.15) is 0 Å². The molecule has 1 aromatic carbocycles. The number of hydrogen-bond acceptors (Lipinski definition) is 3. The lowest BCUT2D eigenvalue weighted by molar-refractivity contribution is 0.177. The van der Waals surface area contributed by atoms with Crippen LogP contribution in [0.15, 0.2) is 42.6 Å². The first kappa shape index (κ1) is 12.9. The van der Waals surface area contributed by atoms with Crippen molar-refractivity contribution in [2.24, 2.45) is 0 Å². The Kier molecular flexibility index (Phi) is 4.18. The van der Waals surface area contributed by atoms with Gasteiger partial charge in [0.05, 0.1) is 13.2 Å². The number of hydrogen-bond donors (Lipinski definition) is 1. The molecular weight excluding hydrogens is 250 g/mol. The van der Waals surface area contributed by atoms with E-state index in [1.54, 1.807) is 25.4 Å². The van der Waals surface area contributed by atoms with Gasteiger partial charge in [-0.3, -0.25) is 0 Å². The molecule has 94 valence electrons. The van der Waals surface area contributed by atoms with Crippen molar-refractivity contribution in [3.8, 4) is 5.75 Å². The number of pyridine rings is 1. The minimum absolute atomic E-state index is 0.381. The number of nitrogens with zero attached hydrogens (tertiary/aromatic N) is 1. The summed E-state index contributed by atoms with van der Waals surface area (Å²) in [6, 6.07) is 11.1. The van der Waals surface area contributed by atoms with Crippen LogP contribution in [-0.4, -0.2) is 17.2 Å². The van der Waals surface area contributed by atoms with Crippen molar-refractivity contribution in [3.05, 3.63) is 58.9 Å². The zero-order chi connectivity index (χ0) is 13.0. The minimum atomic E-state index is -0.623. The van der Waals surface area contributed by atoms with Crippen molar-refractivity contribution >= 4 is 11.6 Å². The molecule has 2 rings (SSSR count). The predicted molar refractivity (Wildman–Crippen MR) is 70.9 cm³/mol. The van der Waals surface area contributed by atoms with Crippen LogP contribution in [-0.2, 0) is 6.42 Å². The van der Waals surface area contributed by atoms with Crippen LogP contribution >= 0.6 is 11.6 Å². The number of rotatable bonds is 4. The first-order valence-corrected chi connectivity index (χ1v) is 6.00. The van der Waals surface area contributed by atoms with Gasteiger partial charge in [-0.15, -0.1) is 0 Å². The molecule has 0 spiro atoms. The number of ether oxygens (including phenoxy) is 1. The van der Waals surface area contributed by atoms with Gasteiger partial charge in [0, 0.05) is 12.6 Å². The monoisotopic (exact) mass is 263 g/mol. The predicted octanol–water partition coefficient (Wildman–Crippen LogP) is 3.02. The fraction of sp³-hybridized carbons (Fsp3) is 0.214. The first-order valence-electron chi connectivity index (χ1n) is 5.62. The van der Waals surface area contributed by atoms with E-state index < -0.39 is 6.10 Å². The summed E-state index contributed by atoms with van der Waals surface area (Å²) in [5.41, 5.74) is 1.71. The Morgan fingerprint density at radius 3 is 2.83 bits per heavy atom. The summed E-state index contributed by atoms with van der Waals surface area (Å²) in [7, 11) is 1.62. The van der Waals surface area contributed by atoms with E-state index in [1.807, 2.05) is 24.3 Å². The molecule has 1 heterocycles. The van der Waals surface area contributed by atoms with Crippen LogP contribution in [0.4, 0.5) is 0 Å². The Morgan fingerprint density at radius 1 is 1.33 bits per heavy atom. The van der Waals surface area contributed by atoms with E-state index >= 15 is 0 Å². The molecule has 18 heavy (non-hydrogen) atoms. The number of benzene rings is 1. The van der Waals surface area contributed by atoms with Gasteiger partial charge >= 0.3 is 0 Å². The van der Waals surface area contributed by atoms with Gasteiger partial charge in [0.25, 0.3) is 0 Å². The van der Waals surface area contributed by atoms with E-state index in [9.17, 15) is 5.11 Å². The quantitative estimate of drug-likeness (QED) is 0.863. The van der Waals surface area contributed by atoms with Crippen LogP contribution in [0.5, 0.6) is 5.75 Å². The molecule has 0 aliphatic rings. The number of aromatic nitrogens is 1. The van der Waals surface area contributed by atoms with Gasteiger partial charge < -0.3 is 9.84 Å². The third-order valence-corrected chi connectivity index (χ3v) is 2.95. The molecule has 3 nitrogen and oxygen atoms in total. The molecule has 0 amide bonds. The average Bonchev–Trinajstić information content (AvgIpc) is 2.39. The molecule has 1 aromatic heterocycles. The van der Waals surface area contributed by atoms with Crippen molar-refractivity contribution in [2.45, 2.75) is 12.5 Å². The van der Waals surface area contributed by atoms with E-state index in [0.717, 1.165) is 16.9 Å². The molecule has 0 aliphatic carbocycles. The summed E-state index contributed by atoms with van der Waals surface area (Å²) in [5, 5.41) is 10.6. The van der Waals surface area contributed by atoms with Crippen LogP contribution in [0.3, 0.4) is 0 Å². The maximum Gasteiger partial charge on any atom is 0.129 e. The zero-order valence-electron chi connectivity index (χ0n) is 10.0. The third kappa shape index (κ3) is 3.00. The second-order valence-electron chi connectivity index (χ2n) is 3.94. The Bertz CT molecular complexity index is 531. The average molecular weight is 264 g/mol. The van der Waals surface area contributed by atoms with Crippen LogP contribution in [0.1, 0.15) is 17.2 Å². The fourth-order valence-electron chi connectivity index (χ4n) is 1.82. The highest BCUT2D eigenvalue weighted by atomic mass is 35.5. The normalized spacial score (nSPS) is 12.2. The SMILES string of the molecule is COc1ccccc1CC(O)c1ccnc(Cl)c1. The maximum absolute atomic E-state index is 10.2. The number of halogens is 1. The first-order chi connectivity index (χ1) is 8.70. The minimum Gasteiger partial charge on any atom is -0.496 e. The lowest BCUT2D eigenvalue weighted by Gasteiger charge is -2.13. The molecule has 2 aromatic rings. The standard InChI is InChI=1S/C14H14ClNO2/c1-18-13-5-3-2-4-11(13)8-12(17)10-6-7-16-14(15)9-10/h2-7,9,12,17H,8H2,1H3. The Morgan fingerprint density at radius 2 is 2.11 bits per heavy atom. The molecule has 0 radical (unpaired) electrons. The van der Waals surface area contributed by atoms with Gasteiger partial charge in [0.1, 0.15) is 10.9 Å². The van der Waals surface area contributed by atoms with Crippen LogP contribution in [0, 0.1) is 0 Å². The summed E-state index contributed by atoms with van der Waals surface area (Å²) < 4.78 is 5.26. The Labute approximate surface area is 111 Å². The van der Waals surface area contributed by atoms with Crippen molar-refractivity contribution in [1.82, 2.24) is 4.98 Å². The highest BCUT2D eigenvalue weighted by Crippen LogP contribution is 2.25. The van der Waals surface area contributed by atoms with Gasteiger partial charge in [0.15, 0.2) is 0 Å². The molecule has 1 unspecified atom stereocenters. The summed E-state index contributed by atoms with van der Waals surface area (Å²) in [6.07, 6.45) is 1.44. The lowest BCUT2D eigenvalue weighted by Crippen LogP contribution is -2.03. The lowest BCUT2D eigenvalue weighted by atomic mass is 10.0. The molecule has 0 fully saturated rings. The summed E-state index contributed by atoms with van der Waals surface area (Å²) in [6.45, 7) is 0. The summed E-state index contributed by atoms with van der Waals surface area (Å²) in [5.74, 6) is 0.775. The largest absolute Gasteiger partial charge is 0.496 e. The number of aliphatic hydroxyl groups is 1. The molecular formula is C14H14ClNO2. The zero-order valence-corrected chi connectivity index (χ0v) is 10.8. The maximum atomic E-state index is 10.2. The van der Waals surface area contributed by atoms with Crippen molar-refractivity contribution in [2.75, 3.05) is 7.11 Å². The molecule has 0 aliphatic heterocycles. The van der Waals surface area contributed by atoms with Crippen LogP contribution < -0.4 is 4.74 Å². The van der Waals surface area contributed by atoms with Crippen LogP contribution in [0.25, 0.3) is 0 Å². The Hall–Kier alpha value is -1.58. The molecule has 0 saturated carbocycles. The van der Waals surface area contributed by atoms with E-state index in [4.69, 9.17) is 16.3 Å². The smallest absolute Gasteiger partial charge is 0.129 e. The van der Waals surface area contributed by atoms with Gasteiger partial charge in [-0.25, -0.2) is 4.98 Å². The molecule has 1 N–H and O–H groups in total. The fourth-order valence-corrected chi connectivity index (χ4v) is 2.00. The van der Waals surface area contributed by atoms with E-state index in [2.05, 4.69) is 4.98 Å². The van der Waals surface area contributed by atoms with Crippen molar-refractivity contribution in [3.63, 3.8) is 0 Å². The molecule has 0 saturated heterocycles. The highest BCUT2D eigenvalue weighted by molar-refractivity contribution is 6.29. The van der Waals surface area contributed by atoms with E-state index in [0.29, 0.717) is 11.6 Å². The van der Waals surface area contributed by atoms with Gasteiger partial charge in [-0.05, 0) is 29.3 Å². The Balaban J connectivity index is 2.18. The summed E-state index contributed by atoms with van der Waals surface area (Å²) in [4.78, 5) is 3.89. The van der Waals surface area contributed by atoms with Crippen LogP contribution in [0.2, 0.25) is 5.15 Å². The van der Waals surface area contributed by atoms with Gasteiger partial charge in [-0.1, -0.05) is 29.8 Å². The highest BCUT2D eigenvalue weighted by Gasteiger charge is 2.12. The molecule has 4 heteroatoms. The molecule has 1 atom stereocenters. The number of methoxy groups -OCH3 is 1. The van der Waals surface area contributed by atoms with Crippen molar-refractivity contribution < 1.29 is 9.84 Å². The second-order valence-corrected chi connectivity index (χ2v) is 4.33. The van der Waals surface area contributed by atoms with E-state index in [1.165, 1.54) is 0 Å². The topological polar surface area (TPSA) is 42.4 Å². The number of aliphatic hydroxyl groups excluding tert-OH is 1. The number of para-hydroxylation sites is 1. The molecule has 0 bridgehead atoms. The van der Waals surface area contributed by atoms with Gasteiger partial charge in [0.2, 0.25) is 0 Å². The second kappa shape index (κ2) is 5.85. The third-order valence-electron chi connectivity index (χ3n) is 2.74. The summed E-state index contributed by atoms with van der Waals surface area (Å²) >= 11 is 5.80. The van der Waals surface area contributed by atoms with E-state index in [-0.39, 0.29) is 0 Å².